The summed E-state index contributed by atoms with van der Waals surface area (Å²) in [5.41, 5.74) is 1.88. The van der Waals surface area contributed by atoms with Gasteiger partial charge in [0.1, 0.15) is 5.82 Å². The lowest BCUT2D eigenvalue weighted by molar-refractivity contribution is 0.0995. The standard InChI is InChI=1S/C11H7ClFNOS/c12-8-3-1-2-7(11(8)13)4-9(15)10-5-14-6-16-10/h1-3,5-6H,4H2. The number of Topliss-reactive ketones (excluding diaryl/α,β-unsaturated/α-hetero) is 1. The number of rotatable bonds is 3. The van der Waals surface area contributed by atoms with Crippen LogP contribution in [-0.4, -0.2) is 10.8 Å². The van der Waals surface area contributed by atoms with Crippen LogP contribution >= 0.6 is 22.9 Å². The number of halogens is 2. The lowest BCUT2D eigenvalue weighted by Crippen LogP contribution is -2.03. The maximum absolute atomic E-state index is 13.5. The van der Waals surface area contributed by atoms with E-state index in [1.54, 1.807) is 17.6 Å². The van der Waals surface area contributed by atoms with E-state index in [1.807, 2.05) is 0 Å². The van der Waals surface area contributed by atoms with E-state index < -0.39 is 5.82 Å². The minimum Gasteiger partial charge on any atom is -0.293 e. The van der Waals surface area contributed by atoms with E-state index >= 15 is 0 Å². The highest BCUT2D eigenvalue weighted by molar-refractivity contribution is 7.11. The highest BCUT2D eigenvalue weighted by Gasteiger charge is 2.13. The van der Waals surface area contributed by atoms with Gasteiger partial charge >= 0.3 is 0 Å². The number of thiazole rings is 1. The molecule has 82 valence electrons. The molecule has 0 aliphatic rings. The van der Waals surface area contributed by atoms with Gasteiger partial charge < -0.3 is 0 Å². The molecule has 0 bridgehead atoms. The Kier molecular flexibility index (Phi) is 3.31. The van der Waals surface area contributed by atoms with Gasteiger partial charge in [-0.2, -0.15) is 0 Å². The van der Waals surface area contributed by atoms with Crippen molar-refractivity contribution in [1.29, 1.82) is 0 Å². The Morgan fingerprint density at radius 1 is 1.50 bits per heavy atom. The first kappa shape index (κ1) is 11.2. The number of hydrogen-bond donors (Lipinski definition) is 0. The van der Waals surface area contributed by atoms with Crippen molar-refractivity contribution >= 4 is 28.7 Å². The number of hydrogen-bond acceptors (Lipinski definition) is 3. The van der Waals surface area contributed by atoms with Gasteiger partial charge in [0.15, 0.2) is 5.78 Å². The normalized spacial score (nSPS) is 10.4. The lowest BCUT2D eigenvalue weighted by atomic mass is 10.1. The summed E-state index contributed by atoms with van der Waals surface area (Å²) in [5, 5.41) is 0.0367. The fraction of sp³-hybridized carbons (Fsp3) is 0.0909. The quantitative estimate of drug-likeness (QED) is 0.787. The van der Waals surface area contributed by atoms with Crippen molar-refractivity contribution < 1.29 is 9.18 Å². The van der Waals surface area contributed by atoms with Crippen molar-refractivity contribution in [3.8, 4) is 0 Å². The summed E-state index contributed by atoms with van der Waals surface area (Å²) < 4.78 is 13.5. The van der Waals surface area contributed by atoms with Crippen molar-refractivity contribution in [2.24, 2.45) is 0 Å². The van der Waals surface area contributed by atoms with Crippen LogP contribution in [0.4, 0.5) is 4.39 Å². The Hall–Kier alpha value is -1.26. The molecule has 2 aromatic rings. The number of benzene rings is 1. The molecule has 2 rings (SSSR count). The number of carbonyl (C=O) groups excluding carboxylic acids is 1. The Bertz CT molecular complexity index is 513. The van der Waals surface area contributed by atoms with Crippen LogP contribution < -0.4 is 0 Å². The molecule has 0 aliphatic heterocycles. The third-order valence-corrected chi connectivity index (χ3v) is 3.20. The predicted octanol–water partition coefficient (Wildman–Crippen LogP) is 3.36. The Morgan fingerprint density at radius 2 is 2.31 bits per heavy atom. The summed E-state index contributed by atoms with van der Waals surface area (Å²) in [6.07, 6.45) is 1.49. The van der Waals surface area contributed by atoms with Crippen LogP contribution in [0.1, 0.15) is 15.2 Å². The molecule has 1 aromatic carbocycles. The van der Waals surface area contributed by atoms with Crippen LogP contribution in [0.25, 0.3) is 0 Å². The van der Waals surface area contributed by atoms with E-state index in [0.717, 1.165) is 0 Å². The molecular formula is C11H7ClFNOS. The summed E-state index contributed by atoms with van der Waals surface area (Å²) in [5.74, 6) is -0.675. The maximum Gasteiger partial charge on any atom is 0.178 e. The fourth-order valence-electron chi connectivity index (χ4n) is 1.30. The highest BCUT2D eigenvalue weighted by Crippen LogP contribution is 2.20. The molecule has 0 spiro atoms. The molecule has 2 nitrogen and oxygen atoms in total. The smallest absolute Gasteiger partial charge is 0.178 e. The molecule has 0 radical (unpaired) electrons. The van der Waals surface area contributed by atoms with Crippen LogP contribution in [-0.2, 0) is 6.42 Å². The Balaban J connectivity index is 2.22. The predicted molar refractivity (Wildman–Crippen MR) is 61.6 cm³/mol. The van der Waals surface area contributed by atoms with Crippen LogP contribution in [0.5, 0.6) is 0 Å². The lowest BCUT2D eigenvalue weighted by Gasteiger charge is -2.02. The van der Waals surface area contributed by atoms with Gasteiger partial charge in [0.2, 0.25) is 0 Å². The van der Waals surface area contributed by atoms with Crippen molar-refractivity contribution in [2.45, 2.75) is 6.42 Å². The third-order valence-electron chi connectivity index (χ3n) is 2.09. The monoisotopic (exact) mass is 255 g/mol. The van der Waals surface area contributed by atoms with E-state index in [-0.39, 0.29) is 17.2 Å². The molecule has 0 fully saturated rings. The molecule has 0 amide bonds. The van der Waals surface area contributed by atoms with Crippen LogP contribution in [0.3, 0.4) is 0 Å². The van der Waals surface area contributed by atoms with Crippen LogP contribution in [0, 0.1) is 5.82 Å². The zero-order valence-corrected chi connectivity index (χ0v) is 9.69. The molecule has 0 aliphatic carbocycles. The van der Waals surface area contributed by atoms with Gasteiger partial charge in [-0.05, 0) is 11.6 Å². The van der Waals surface area contributed by atoms with Crippen molar-refractivity contribution in [3.63, 3.8) is 0 Å². The number of nitrogens with zero attached hydrogens (tertiary/aromatic N) is 1. The van der Waals surface area contributed by atoms with E-state index in [0.29, 0.717) is 10.4 Å². The first-order valence-electron chi connectivity index (χ1n) is 4.53. The van der Waals surface area contributed by atoms with Gasteiger partial charge in [0.25, 0.3) is 0 Å². The topological polar surface area (TPSA) is 30.0 Å². The van der Waals surface area contributed by atoms with Gasteiger partial charge in [-0.1, -0.05) is 23.7 Å². The molecule has 0 N–H and O–H groups in total. The average molecular weight is 256 g/mol. The van der Waals surface area contributed by atoms with Gasteiger partial charge in [-0.3, -0.25) is 9.78 Å². The molecule has 16 heavy (non-hydrogen) atoms. The minimum absolute atomic E-state index is 0.00852. The van der Waals surface area contributed by atoms with E-state index in [9.17, 15) is 9.18 Å². The van der Waals surface area contributed by atoms with E-state index in [1.165, 1.54) is 23.6 Å². The molecule has 0 saturated heterocycles. The third kappa shape index (κ3) is 2.28. The second-order valence-corrected chi connectivity index (χ2v) is 4.47. The zero-order valence-electron chi connectivity index (χ0n) is 8.11. The van der Waals surface area contributed by atoms with Crippen LogP contribution in [0.2, 0.25) is 5.02 Å². The summed E-state index contributed by atoms with van der Waals surface area (Å²) in [6.45, 7) is 0. The number of aromatic nitrogens is 1. The first-order valence-corrected chi connectivity index (χ1v) is 5.79. The van der Waals surface area contributed by atoms with Crippen LogP contribution in [0.15, 0.2) is 29.9 Å². The second kappa shape index (κ2) is 4.72. The Morgan fingerprint density at radius 3 is 3.00 bits per heavy atom. The van der Waals surface area contributed by atoms with Gasteiger partial charge in [0.05, 0.1) is 15.4 Å². The summed E-state index contributed by atoms with van der Waals surface area (Å²) in [4.78, 5) is 16.0. The molecule has 5 heteroatoms. The molecule has 1 aromatic heterocycles. The van der Waals surface area contributed by atoms with Crippen molar-refractivity contribution in [1.82, 2.24) is 4.98 Å². The molecule has 0 saturated carbocycles. The summed E-state index contributed by atoms with van der Waals surface area (Å²) in [7, 11) is 0. The van der Waals surface area contributed by atoms with E-state index in [4.69, 9.17) is 11.6 Å². The van der Waals surface area contributed by atoms with E-state index in [2.05, 4.69) is 4.98 Å². The van der Waals surface area contributed by atoms with Crippen molar-refractivity contribution in [2.75, 3.05) is 0 Å². The highest BCUT2D eigenvalue weighted by atomic mass is 35.5. The summed E-state index contributed by atoms with van der Waals surface area (Å²) in [6, 6.07) is 4.64. The number of carbonyl (C=O) groups is 1. The summed E-state index contributed by atoms with van der Waals surface area (Å²) >= 11 is 6.87. The second-order valence-electron chi connectivity index (χ2n) is 3.18. The Labute approximate surface area is 101 Å². The van der Waals surface area contributed by atoms with Crippen molar-refractivity contribution in [3.05, 3.63) is 51.2 Å². The first-order chi connectivity index (χ1) is 7.68. The molecule has 1 heterocycles. The maximum atomic E-state index is 13.5. The van der Waals surface area contributed by atoms with Gasteiger partial charge in [-0.15, -0.1) is 11.3 Å². The molecule has 0 atom stereocenters. The number of ketones is 1. The molecular weight excluding hydrogens is 249 g/mol. The zero-order chi connectivity index (χ0) is 11.5. The average Bonchev–Trinajstić information content (AvgIpc) is 2.78. The minimum atomic E-state index is -0.526. The SMILES string of the molecule is O=C(Cc1cccc(Cl)c1F)c1cncs1. The van der Waals surface area contributed by atoms with Gasteiger partial charge in [-0.25, -0.2) is 4.39 Å². The largest absolute Gasteiger partial charge is 0.293 e. The molecule has 0 unspecified atom stereocenters. The van der Waals surface area contributed by atoms with Gasteiger partial charge in [0, 0.05) is 12.6 Å². The fourth-order valence-corrected chi connectivity index (χ4v) is 2.05.